The summed E-state index contributed by atoms with van der Waals surface area (Å²) in [7, 11) is 1.78. The van der Waals surface area contributed by atoms with E-state index in [9.17, 15) is 14.0 Å². The summed E-state index contributed by atoms with van der Waals surface area (Å²) in [5, 5.41) is 7.32. The van der Waals surface area contributed by atoms with Crippen LogP contribution in [0.5, 0.6) is 0 Å². The maximum atomic E-state index is 13.8. The zero-order valence-electron chi connectivity index (χ0n) is 14.8. The van der Waals surface area contributed by atoms with Crippen LogP contribution < -0.4 is 5.32 Å². The Labute approximate surface area is 153 Å². The van der Waals surface area contributed by atoms with E-state index in [1.54, 1.807) is 30.8 Å². The van der Waals surface area contributed by atoms with Crippen LogP contribution in [0.2, 0.25) is 0 Å². The maximum absolute atomic E-state index is 13.8. The average Bonchev–Trinajstić information content (AvgIpc) is 3.13. The number of hydrogen-bond donors (Lipinski definition) is 1. The normalized spacial score (nSPS) is 12.2. The van der Waals surface area contributed by atoms with E-state index in [0.29, 0.717) is 21.5 Å². The maximum Gasteiger partial charge on any atom is 0.349 e. The van der Waals surface area contributed by atoms with Gasteiger partial charge in [-0.3, -0.25) is 9.48 Å². The van der Waals surface area contributed by atoms with Gasteiger partial charge in [-0.25, -0.2) is 9.18 Å². The van der Waals surface area contributed by atoms with E-state index in [-0.39, 0.29) is 4.88 Å². The number of ether oxygens (including phenoxy) is 1. The van der Waals surface area contributed by atoms with E-state index in [1.807, 2.05) is 6.92 Å². The van der Waals surface area contributed by atoms with E-state index >= 15 is 0 Å². The fraction of sp³-hybridized carbons (Fsp3) is 0.278. The number of esters is 1. The molecule has 6 nitrogen and oxygen atoms in total. The highest BCUT2D eigenvalue weighted by Gasteiger charge is 2.23. The molecule has 0 saturated carbocycles. The highest BCUT2D eigenvalue weighted by molar-refractivity contribution is 7.20. The SMILES string of the molecule is Cc1nn(C)c(C)c1NC(=O)[C@H](C)OC(=O)c1cc2c(F)cccc2s1. The van der Waals surface area contributed by atoms with Crippen molar-refractivity contribution in [3.05, 3.63) is 46.3 Å². The molecular weight excluding hydrogens is 357 g/mol. The molecule has 8 heteroatoms. The van der Waals surface area contributed by atoms with Gasteiger partial charge in [-0.15, -0.1) is 11.3 Å². The van der Waals surface area contributed by atoms with Gasteiger partial charge in [0.1, 0.15) is 10.7 Å². The van der Waals surface area contributed by atoms with E-state index < -0.39 is 23.8 Å². The zero-order valence-corrected chi connectivity index (χ0v) is 15.6. The number of benzene rings is 1. The topological polar surface area (TPSA) is 73.2 Å². The van der Waals surface area contributed by atoms with Crippen LogP contribution in [-0.2, 0) is 16.6 Å². The monoisotopic (exact) mass is 375 g/mol. The van der Waals surface area contributed by atoms with Gasteiger partial charge >= 0.3 is 5.97 Å². The van der Waals surface area contributed by atoms with E-state index in [0.717, 1.165) is 17.0 Å². The van der Waals surface area contributed by atoms with Gasteiger partial charge < -0.3 is 10.1 Å². The lowest BCUT2D eigenvalue weighted by atomic mass is 10.2. The number of hydrogen-bond acceptors (Lipinski definition) is 5. The van der Waals surface area contributed by atoms with Crippen molar-refractivity contribution in [2.45, 2.75) is 26.9 Å². The van der Waals surface area contributed by atoms with E-state index in [4.69, 9.17) is 4.74 Å². The molecule has 0 radical (unpaired) electrons. The number of amides is 1. The molecule has 0 aliphatic heterocycles. The number of aryl methyl sites for hydroxylation is 2. The largest absolute Gasteiger partial charge is 0.448 e. The second-order valence-corrected chi connectivity index (χ2v) is 7.05. The molecule has 136 valence electrons. The first-order chi connectivity index (χ1) is 12.3. The van der Waals surface area contributed by atoms with Gasteiger partial charge in [0.2, 0.25) is 0 Å². The fourth-order valence-corrected chi connectivity index (χ4v) is 3.54. The Balaban J connectivity index is 1.71. The number of aromatic nitrogens is 2. The van der Waals surface area contributed by atoms with Gasteiger partial charge in [-0.05, 0) is 39.0 Å². The Morgan fingerprint density at radius 3 is 2.69 bits per heavy atom. The minimum atomic E-state index is -1.00. The molecule has 3 aromatic rings. The van der Waals surface area contributed by atoms with E-state index in [1.165, 1.54) is 19.1 Å². The highest BCUT2D eigenvalue weighted by Crippen LogP contribution is 2.28. The summed E-state index contributed by atoms with van der Waals surface area (Å²) in [6.07, 6.45) is -1.00. The first-order valence-electron chi connectivity index (χ1n) is 7.98. The van der Waals surface area contributed by atoms with Crippen molar-refractivity contribution < 1.29 is 18.7 Å². The Morgan fingerprint density at radius 2 is 2.08 bits per heavy atom. The number of carbonyl (C=O) groups excluding carboxylic acids is 2. The third kappa shape index (κ3) is 3.32. The highest BCUT2D eigenvalue weighted by atomic mass is 32.1. The smallest absolute Gasteiger partial charge is 0.349 e. The van der Waals surface area contributed by atoms with Crippen LogP contribution in [0.1, 0.15) is 28.0 Å². The molecule has 0 bridgehead atoms. The van der Waals surface area contributed by atoms with Gasteiger partial charge in [-0.2, -0.15) is 5.10 Å². The second kappa shape index (κ2) is 6.87. The molecular formula is C18H18FN3O3S. The quantitative estimate of drug-likeness (QED) is 0.708. The Hall–Kier alpha value is -2.74. The first kappa shape index (κ1) is 18.1. The van der Waals surface area contributed by atoms with Crippen molar-refractivity contribution >= 4 is 39.0 Å². The predicted octanol–water partition coefficient (Wildman–Crippen LogP) is 3.57. The van der Waals surface area contributed by atoms with Crippen molar-refractivity contribution in [1.82, 2.24) is 9.78 Å². The summed E-state index contributed by atoms with van der Waals surface area (Å²) < 4.78 is 21.3. The number of anilines is 1. The molecule has 1 aromatic carbocycles. The summed E-state index contributed by atoms with van der Waals surface area (Å²) in [5.41, 5.74) is 2.08. The van der Waals surface area contributed by atoms with Crippen molar-refractivity contribution in [3.8, 4) is 0 Å². The van der Waals surface area contributed by atoms with Crippen molar-refractivity contribution in [2.75, 3.05) is 5.32 Å². The molecule has 0 spiro atoms. The molecule has 0 fully saturated rings. The van der Waals surface area contributed by atoms with Crippen LogP contribution >= 0.6 is 11.3 Å². The zero-order chi connectivity index (χ0) is 19.0. The predicted molar refractivity (Wildman–Crippen MR) is 98.0 cm³/mol. The summed E-state index contributed by atoms with van der Waals surface area (Å²) >= 11 is 1.13. The molecule has 1 atom stereocenters. The third-order valence-electron chi connectivity index (χ3n) is 4.12. The number of carbonyl (C=O) groups is 2. The molecule has 0 unspecified atom stereocenters. The van der Waals surface area contributed by atoms with Gasteiger partial charge in [0.15, 0.2) is 6.10 Å². The standard InChI is InChI=1S/C18H18FN3O3S/c1-9-16(10(2)22(4)21-9)20-17(23)11(3)25-18(24)15-8-12-13(19)6-5-7-14(12)26-15/h5-8,11H,1-4H3,(H,20,23)/t11-/m0/s1. The van der Waals surface area contributed by atoms with Gasteiger partial charge in [0.25, 0.3) is 5.91 Å². The lowest BCUT2D eigenvalue weighted by Crippen LogP contribution is -2.30. The Bertz CT molecular complexity index is 1010. The van der Waals surface area contributed by atoms with Crippen LogP contribution in [0.3, 0.4) is 0 Å². The third-order valence-corrected chi connectivity index (χ3v) is 5.20. The number of fused-ring (bicyclic) bond motifs is 1. The molecule has 0 saturated heterocycles. The van der Waals surface area contributed by atoms with Crippen molar-refractivity contribution in [3.63, 3.8) is 0 Å². The van der Waals surface area contributed by atoms with E-state index in [2.05, 4.69) is 10.4 Å². The first-order valence-corrected chi connectivity index (χ1v) is 8.79. The van der Waals surface area contributed by atoms with Gasteiger partial charge in [-0.1, -0.05) is 6.07 Å². The number of thiophene rings is 1. The van der Waals surface area contributed by atoms with Crippen LogP contribution in [0.4, 0.5) is 10.1 Å². The summed E-state index contributed by atoms with van der Waals surface area (Å²) in [4.78, 5) is 24.9. The van der Waals surface area contributed by atoms with Gasteiger partial charge in [0, 0.05) is 17.1 Å². The summed E-state index contributed by atoms with van der Waals surface area (Å²) in [5.74, 6) is -1.51. The lowest BCUT2D eigenvalue weighted by molar-refractivity contribution is -0.123. The fourth-order valence-electron chi connectivity index (χ4n) is 2.58. The van der Waals surface area contributed by atoms with Crippen molar-refractivity contribution in [1.29, 1.82) is 0 Å². The number of nitrogens with zero attached hydrogens (tertiary/aromatic N) is 2. The minimum absolute atomic E-state index is 0.249. The van der Waals surface area contributed by atoms with Crippen LogP contribution in [0, 0.1) is 19.7 Å². The summed E-state index contributed by atoms with van der Waals surface area (Å²) in [6.45, 7) is 5.10. The molecule has 0 aliphatic carbocycles. The second-order valence-electron chi connectivity index (χ2n) is 5.97. The van der Waals surface area contributed by atoms with Gasteiger partial charge in [0.05, 0.1) is 17.1 Å². The Kier molecular flexibility index (Phi) is 4.78. The average molecular weight is 375 g/mol. The molecule has 26 heavy (non-hydrogen) atoms. The van der Waals surface area contributed by atoms with Crippen molar-refractivity contribution in [2.24, 2.45) is 7.05 Å². The summed E-state index contributed by atoms with van der Waals surface area (Å²) in [6, 6.07) is 6.08. The lowest BCUT2D eigenvalue weighted by Gasteiger charge is -2.13. The molecule has 3 rings (SSSR count). The molecule has 0 aliphatic rings. The number of halogens is 1. The van der Waals surface area contributed by atoms with Crippen LogP contribution in [0.15, 0.2) is 24.3 Å². The molecule has 2 heterocycles. The Morgan fingerprint density at radius 1 is 1.35 bits per heavy atom. The molecule has 2 aromatic heterocycles. The number of nitrogens with one attached hydrogen (secondary N) is 1. The van der Waals surface area contributed by atoms with Crippen LogP contribution in [0.25, 0.3) is 10.1 Å². The minimum Gasteiger partial charge on any atom is -0.448 e. The molecule has 1 amide bonds. The van der Waals surface area contributed by atoms with Crippen LogP contribution in [-0.4, -0.2) is 27.8 Å². The number of rotatable bonds is 4. The molecule has 1 N–H and O–H groups in total.